The SMILES string of the molecule is CC/C=C\C/C=C\C/C=C\C/C=C\C/C=C\C/C=C\CCCCCCCCCCC(=O)OCC(COC(=O)CCCCCCC/C=C\C/C=C\CCCC)OC(=O)CCCCCCCCCCC/C=C\CCCCCCCCCC. The van der Waals surface area contributed by atoms with Gasteiger partial charge in [-0.3, -0.25) is 14.4 Å². The average molecular weight is 1110 g/mol. The molecular weight excluding hydrogens is 985 g/mol. The molecule has 0 spiro atoms. The normalized spacial score (nSPS) is 12.8. The van der Waals surface area contributed by atoms with Crippen molar-refractivity contribution in [2.24, 2.45) is 0 Å². The second-order valence-corrected chi connectivity index (χ2v) is 22.3. The Labute approximate surface area is 495 Å². The van der Waals surface area contributed by atoms with Crippen molar-refractivity contribution in [2.75, 3.05) is 13.2 Å². The van der Waals surface area contributed by atoms with E-state index in [1.54, 1.807) is 0 Å². The van der Waals surface area contributed by atoms with Crippen LogP contribution in [-0.4, -0.2) is 37.2 Å². The fourth-order valence-electron chi connectivity index (χ4n) is 9.40. The van der Waals surface area contributed by atoms with Crippen LogP contribution in [0.2, 0.25) is 0 Å². The van der Waals surface area contributed by atoms with Crippen LogP contribution in [0.3, 0.4) is 0 Å². The molecule has 0 heterocycles. The minimum atomic E-state index is -0.792. The molecule has 0 aromatic rings. The Morgan fingerprint density at radius 2 is 0.500 bits per heavy atom. The standard InChI is InChI=1S/C74H126O6/c1-4-7-10-13-16-19-22-25-28-30-32-34-35-36-37-38-39-41-42-44-46-49-52-55-58-61-64-67-73(76)79-70-71(69-78-72(75)66-63-60-57-54-51-48-27-24-21-18-15-12-9-6-3)80-74(77)68-65-62-59-56-53-50-47-45-43-40-33-31-29-26-23-20-17-14-11-8-5-2/h7,10,15-16,18-19,24-25,27-28,31-34,36-37,39,41,71H,4-6,8-9,11-14,17,20-23,26,29-30,35,38,40,42-70H2,1-3H3/b10-7-,18-15-,19-16-,27-24-,28-25-,33-31-,34-32-,37-36-,41-39-. The summed E-state index contributed by atoms with van der Waals surface area (Å²) < 4.78 is 16.9. The number of unbranched alkanes of at least 4 members (excludes halogenated alkanes) is 32. The molecule has 0 aliphatic carbocycles. The number of hydrogen-bond donors (Lipinski definition) is 0. The highest BCUT2D eigenvalue weighted by molar-refractivity contribution is 5.71. The maximum absolute atomic E-state index is 12.9. The Morgan fingerprint density at radius 3 is 0.812 bits per heavy atom. The van der Waals surface area contributed by atoms with E-state index < -0.39 is 6.10 Å². The van der Waals surface area contributed by atoms with Crippen molar-refractivity contribution in [3.05, 3.63) is 109 Å². The van der Waals surface area contributed by atoms with Crippen LogP contribution in [0.15, 0.2) is 109 Å². The molecule has 1 unspecified atom stereocenters. The molecule has 0 saturated carbocycles. The Kier molecular flexibility index (Phi) is 64.3. The molecule has 0 radical (unpaired) electrons. The van der Waals surface area contributed by atoms with Crippen LogP contribution in [0.5, 0.6) is 0 Å². The molecule has 0 amide bonds. The van der Waals surface area contributed by atoms with Gasteiger partial charge >= 0.3 is 17.9 Å². The highest BCUT2D eigenvalue weighted by Crippen LogP contribution is 2.16. The molecule has 458 valence electrons. The van der Waals surface area contributed by atoms with Gasteiger partial charge in [-0.2, -0.15) is 0 Å². The zero-order chi connectivity index (χ0) is 57.8. The van der Waals surface area contributed by atoms with Gasteiger partial charge in [0, 0.05) is 19.3 Å². The minimum Gasteiger partial charge on any atom is -0.462 e. The lowest BCUT2D eigenvalue weighted by molar-refractivity contribution is -0.167. The molecule has 0 aromatic heterocycles. The Morgan fingerprint density at radius 1 is 0.263 bits per heavy atom. The molecule has 0 rings (SSSR count). The van der Waals surface area contributed by atoms with Crippen LogP contribution in [0.1, 0.15) is 323 Å². The number of carbonyl (C=O) groups is 3. The van der Waals surface area contributed by atoms with E-state index >= 15 is 0 Å². The molecule has 0 aromatic carbocycles. The summed E-state index contributed by atoms with van der Waals surface area (Å²) in [5, 5.41) is 0. The van der Waals surface area contributed by atoms with Crippen molar-refractivity contribution in [1.29, 1.82) is 0 Å². The Balaban J connectivity index is 4.36. The first-order chi connectivity index (χ1) is 39.5. The smallest absolute Gasteiger partial charge is 0.306 e. The van der Waals surface area contributed by atoms with Gasteiger partial charge in [-0.05, 0) is 122 Å². The first kappa shape index (κ1) is 76.1. The lowest BCUT2D eigenvalue weighted by Gasteiger charge is -2.18. The van der Waals surface area contributed by atoms with Crippen molar-refractivity contribution in [3.8, 4) is 0 Å². The first-order valence-electron chi connectivity index (χ1n) is 33.9. The van der Waals surface area contributed by atoms with Crippen molar-refractivity contribution in [1.82, 2.24) is 0 Å². The summed E-state index contributed by atoms with van der Waals surface area (Å²) >= 11 is 0. The van der Waals surface area contributed by atoms with Crippen LogP contribution in [-0.2, 0) is 28.6 Å². The first-order valence-corrected chi connectivity index (χ1v) is 33.9. The molecule has 1 atom stereocenters. The van der Waals surface area contributed by atoms with Crippen molar-refractivity contribution in [3.63, 3.8) is 0 Å². The van der Waals surface area contributed by atoms with Gasteiger partial charge in [0.05, 0.1) is 0 Å². The molecule has 0 N–H and O–H groups in total. The van der Waals surface area contributed by atoms with Gasteiger partial charge in [0.2, 0.25) is 0 Å². The highest BCUT2D eigenvalue weighted by Gasteiger charge is 2.19. The van der Waals surface area contributed by atoms with Gasteiger partial charge in [0.15, 0.2) is 6.10 Å². The van der Waals surface area contributed by atoms with Gasteiger partial charge < -0.3 is 14.2 Å². The zero-order valence-electron chi connectivity index (χ0n) is 52.6. The van der Waals surface area contributed by atoms with Gasteiger partial charge in [0.1, 0.15) is 13.2 Å². The van der Waals surface area contributed by atoms with E-state index in [1.165, 1.54) is 154 Å². The third-order valence-electron chi connectivity index (χ3n) is 14.5. The predicted molar refractivity (Wildman–Crippen MR) is 348 cm³/mol. The zero-order valence-corrected chi connectivity index (χ0v) is 52.6. The highest BCUT2D eigenvalue weighted by atomic mass is 16.6. The fourth-order valence-corrected chi connectivity index (χ4v) is 9.40. The van der Waals surface area contributed by atoms with E-state index in [9.17, 15) is 14.4 Å². The van der Waals surface area contributed by atoms with Crippen molar-refractivity contribution >= 4 is 17.9 Å². The largest absolute Gasteiger partial charge is 0.462 e. The third kappa shape index (κ3) is 64.9. The molecule has 6 heteroatoms. The monoisotopic (exact) mass is 1110 g/mol. The van der Waals surface area contributed by atoms with E-state index in [1.807, 2.05) is 0 Å². The quantitative estimate of drug-likeness (QED) is 0.0261. The lowest BCUT2D eigenvalue weighted by Crippen LogP contribution is -2.30. The summed E-state index contributed by atoms with van der Waals surface area (Å²) in [6.07, 6.45) is 92.4. The molecule has 0 fully saturated rings. The Hall–Kier alpha value is -3.93. The maximum Gasteiger partial charge on any atom is 0.306 e. The lowest BCUT2D eigenvalue weighted by atomic mass is 10.1. The van der Waals surface area contributed by atoms with Crippen LogP contribution >= 0.6 is 0 Å². The van der Waals surface area contributed by atoms with E-state index in [-0.39, 0.29) is 31.1 Å². The topological polar surface area (TPSA) is 78.9 Å². The van der Waals surface area contributed by atoms with Gasteiger partial charge in [-0.25, -0.2) is 0 Å². The fraction of sp³-hybridized carbons (Fsp3) is 0.716. The second kappa shape index (κ2) is 67.6. The number of allylic oxidation sites excluding steroid dienone is 18. The summed E-state index contributed by atoms with van der Waals surface area (Å²) in [7, 11) is 0. The van der Waals surface area contributed by atoms with Crippen molar-refractivity contribution in [2.45, 2.75) is 329 Å². The van der Waals surface area contributed by atoms with E-state index in [0.717, 1.165) is 128 Å². The summed E-state index contributed by atoms with van der Waals surface area (Å²) in [6, 6.07) is 0. The van der Waals surface area contributed by atoms with E-state index in [2.05, 4.69) is 130 Å². The molecule has 6 nitrogen and oxygen atoms in total. The van der Waals surface area contributed by atoms with E-state index in [4.69, 9.17) is 14.2 Å². The molecular formula is C74H126O6. The average Bonchev–Trinajstić information content (AvgIpc) is 3.46. The summed E-state index contributed by atoms with van der Waals surface area (Å²) in [5.41, 5.74) is 0. The molecule has 0 saturated heterocycles. The van der Waals surface area contributed by atoms with E-state index in [0.29, 0.717) is 19.3 Å². The van der Waals surface area contributed by atoms with Crippen LogP contribution in [0, 0.1) is 0 Å². The van der Waals surface area contributed by atoms with Crippen LogP contribution < -0.4 is 0 Å². The molecule has 0 aliphatic heterocycles. The maximum atomic E-state index is 12.9. The Bertz CT molecular complexity index is 1610. The number of hydrogen-bond acceptors (Lipinski definition) is 6. The molecule has 0 aliphatic rings. The number of ether oxygens (including phenoxy) is 3. The van der Waals surface area contributed by atoms with Crippen molar-refractivity contribution < 1.29 is 28.6 Å². The predicted octanol–water partition coefficient (Wildman–Crippen LogP) is 23.4. The number of carbonyl (C=O) groups excluding carboxylic acids is 3. The minimum absolute atomic E-state index is 0.0877. The van der Waals surface area contributed by atoms with Crippen LogP contribution in [0.4, 0.5) is 0 Å². The van der Waals surface area contributed by atoms with Gasteiger partial charge in [-0.1, -0.05) is 291 Å². The van der Waals surface area contributed by atoms with Gasteiger partial charge in [0.25, 0.3) is 0 Å². The van der Waals surface area contributed by atoms with Gasteiger partial charge in [-0.15, -0.1) is 0 Å². The molecule has 0 bridgehead atoms. The molecule has 80 heavy (non-hydrogen) atoms. The second-order valence-electron chi connectivity index (χ2n) is 22.3. The summed E-state index contributed by atoms with van der Waals surface area (Å²) in [4.78, 5) is 38.4. The number of rotatable bonds is 61. The summed E-state index contributed by atoms with van der Waals surface area (Å²) in [5.74, 6) is -0.901. The summed E-state index contributed by atoms with van der Waals surface area (Å²) in [6.45, 7) is 6.49. The van der Waals surface area contributed by atoms with Crippen LogP contribution in [0.25, 0.3) is 0 Å². The third-order valence-corrected chi connectivity index (χ3v) is 14.5. The number of esters is 3.